The summed E-state index contributed by atoms with van der Waals surface area (Å²) in [6.45, 7) is 3.63. The van der Waals surface area contributed by atoms with Gasteiger partial charge in [-0.1, -0.05) is 168 Å². The maximum absolute atomic E-state index is 11.3. The molecule has 0 aromatic heterocycles. The molecule has 0 bridgehead atoms. The van der Waals surface area contributed by atoms with Crippen molar-refractivity contribution >= 4 is 20.8 Å². The molecule has 5 atom stereocenters. The molecule has 52 heavy (non-hydrogen) atoms. The van der Waals surface area contributed by atoms with E-state index in [0.29, 0.717) is 0 Å². The van der Waals surface area contributed by atoms with Crippen LogP contribution in [0.3, 0.4) is 0 Å². The topological polar surface area (TPSA) is 192 Å². The molecule has 12 nitrogen and oxygen atoms in total. The van der Waals surface area contributed by atoms with Crippen molar-refractivity contribution in [2.45, 2.75) is 211 Å². The molecule has 0 aliphatic carbocycles. The molecule has 1 fully saturated rings. The Balaban J connectivity index is 0. The molecule has 0 amide bonds. The molecule has 0 radical (unpaired) electrons. The molecule has 1 saturated heterocycles. The summed E-state index contributed by atoms with van der Waals surface area (Å²) < 4.78 is 86.9. The summed E-state index contributed by atoms with van der Waals surface area (Å²) in [7, 11) is -10.5. The quantitative estimate of drug-likeness (QED) is 0.0414. The number of rotatable bonds is 34. The van der Waals surface area contributed by atoms with Crippen LogP contribution in [0.4, 0.5) is 0 Å². The van der Waals surface area contributed by atoms with E-state index in [1.54, 1.807) is 0 Å². The van der Waals surface area contributed by atoms with Crippen LogP contribution >= 0.6 is 0 Å². The molecule has 300 valence electrons. The van der Waals surface area contributed by atoms with E-state index in [1.807, 2.05) is 0 Å². The Morgan fingerprint density at radius 3 is 1.29 bits per heavy atom. The molecular weight excluding hydrogens is 734 g/mol. The van der Waals surface area contributed by atoms with E-state index < -0.39 is 58.1 Å². The molecule has 16 heteroatoms. The SMILES string of the molecule is CCCCCCCCCCCCCCC(CCCCCCCCCCCCCC)CO[C@@H]1O[C@H](COS(=O)(=O)[O-])[C@H](O)[C@H](OS(=O)(=O)[O-])[C@H]1O.[Na+].[Na+]. The van der Waals surface area contributed by atoms with Crippen molar-refractivity contribution in [3.05, 3.63) is 0 Å². The molecule has 0 aromatic carbocycles. The van der Waals surface area contributed by atoms with Gasteiger partial charge in [0.05, 0.1) is 13.2 Å². The summed E-state index contributed by atoms with van der Waals surface area (Å²) in [6.07, 6.45) is 22.6. The average Bonchev–Trinajstić information content (AvgIpc) is 3.05. The van der Waals surface area contributed by atoms with E-state index in [-0.39, 0.29) is 71.6 Å². The van der Waals surface area contributed by atoms with E-state index in [0.717, 1.165) is 51.4 Å². The van der Waals surface area contributed by atoms with E-state index in [9.17, 15) is 36.2 Å². The molecule has 1 heterocycles. The van der Waals surface area contributed by atoms with Gasteiger partial charge in [-0.3, -0.25) is 8.37 Å². The molecule has 0 saturated carbocycles. The molecule has 1 rings (SSSR count). The van der Waals surface area contributed by atoms with Gasteiger partial charge in [-0.25, -0.2) is 16.8 Å². The fourth-order valence-corrected chi connectivity index (χ4v) is 7.47. The van der Waals surface area contributed by atoms with Gasteiger partial charge < -0.3 is 28.8 Å². The van der Waals surface area contributed by atoms with Gasteiger partial charge in [0.15, 0.2) is 6.29 Å². The summed E-state index contributed by atoms with van der Waals surface area (Å²) in [6, 6.07) is 0. The minimum atomic E-state index is -5.37. The Bertz CT molecular complexity index is 995. The van der Waals surface area contributed by atoms with Gasteiger partial charge in [-0.05, 0) is 18.8 Å². The summed E-state index contributed by atoms with van der Waals surface area (Å²) in [5, 5.41) is 21.2. The van der Waals surface area contributed by atoms with Crippen molar-refractivity contribution in [1.29, 1.82) is 0 Å². The van der Waals surface area contributed by atoms with E-state index >= 15 is 0 Å². The maximum atomic E-state index is 11.3. The third-order valence-corrected chi connectivity index (χ3v) is 10.6. The molecule has 0 spiro atoms. The maximum Gasteiger partial charge on any atom is 1.00 e. The summed E-state index contributed by atoms with van der Waals surface area (Å²) in [5.41, 5.74) is 0. The first-order valence-electron chi connectivity index (χ1n) is 19.8. The Morgan fingerprint density at radius 2 is 0.942 bits per heavy atom. The smallest absolute Gasteiger partial charge is 0.726 e. The number of ether oxygens (including phenoxy) is 2. The summed E-state index contributed by atoms with van der Waals surface area (Å²) >= 11 is 0. The first kappa shape index (κ1) is 55.7. The van der Waals surface area contributed by atoms with Crippen LogP contribution in [0.25, 0.3) is 0 Å². The Morgan fingerprint density at radius 1 is 0.577 bits per heavy atom. The van der Waals surface area contributed by atoms with Crippen molar-refractivity contribution < 1.29 is 113 Å². The predicted octanol–water partition coefficient (Wildman–Crippen LogP) is 1.58. The van der Waals surface area contributed by atoms with Crippen LogP contribution in [0.2, 0.25) is 0 Å². The molecule has 1 aliphatic heterocycles. The van der Waals surface area contributed by atoms with Crippen molar-refractivity contribution in [1.82, 2.24) is 0 Å². The fraction of sp³-hybridized carbons (Fsp3) is 1.00. The van der Waals surface area contributed by atoms with Gasteiger partial charge >= 0.3 is 59.1 Å². The zero-order valence-corrected chi connectivity index (χ0v) is 38.7. The van der Waals surface area contributed by atoms with Gasteiger partial charge in [0, 0.05) is 0 Å². The van der Waals surface area contributed by atoms with Crippen molar-refractivity contribution in [2.24, 2.45) is 5.92 Å². The van der Waals surface area contributed by atoms with Crippen molar-refractivity contribution in [2.75, 3.05) is 13.2 Å². The van der Waals surface area contributed by atoms with Crippen LogP contribution in [0, 0.1) is 5.92 Å². The summed E-state index contributed by atoms with van der Waals surface area (Å²) in [4.78, 5) is 0. The Labute approximate surface area is 361 Å². The largest absolute Gasteiger partial charge is 1.00 e. The van der Waals surface area contributed by atoms with Crippen LogP contribution < -0.4 is 59.1 Å². The predicted molar refractivity (Wildman–Crippen MR) is 192 cm³/mol. The minimum Gasteiger partial charge on any atom is -0.726 e. The third kappa shape index (κ3) is 30.7. The van der Waals surface area contributed by atoms with Crippen LogP contribution in [0.15, 0.2) is 0 Å². The van der Waals surface area contributed by atoms with Crippen LogP contribution in [0.1, 0.15) is 181 Å². The van der Waals surface area contributed by atoms with Crippen LogP contribution in [0.5, 0.6) is 0 Å². The van der Waals surface area contributed by atoms with Gasteiger partial charge in [-0.15, -0.1) is 0 Å². The summed E-state index contributed by atoms with van der Waals surface area (Å²) in [5.74, 6) is 0.114. The van der Waals surface area contributed by atoms with E-state index in [2.05, 4.69) is 22.2 Å². The van der Waals surface area contributed by atoms with E-state index in [1.165, 1.54) is 116 Å². The molecule has 0 aromatic rings. The van der Waals surface area contributed by atoms with Crippen LogP contribution in [-0.2, 0) is 38.6 Å². The third-order valence-electron chi connectivity index (χ3n) is 9.68. The first-order chi connectivity index (χ1) is 23.9. The second kappa shape index (κ2) is 34.6. The second-order valence-corrected chi connectivity index (χ2v) is 16.3. The number of unbranched alkanes of at least 4 members (excludes halogenated alkanes) is 22. The number of hydrogen-bond donors (Lipinski definition) is 2. The monoisotopic (exact) mass is 804 g/mol. The van der Waals surface area contributed by atoms with Crippen LogP contribution in [-0.4, -0.2) is 80.1 Å². The second-order valence-electron chi connectivity index (χ2n) is 14.2. The molecule has 2 N–H and O–H groups in total. The first-order valence-corrected chi connectivity index (χ1v) is 22.4. The molecule has 0 unspecified atom stereocenters. The van der Waals surface area contributed by atoms with Gasteiger partial charge in [0.2, 0.25) is 20.8 Å². The van der Waals surface area contributed by atoms with Gasteiger partial charge in [0.25, 0.3) is 0 Å². The zero-order chi connectivity index (χ0) is 37.1. The fourth-order valence-electron chi connectivity index (χ4n) is 6.67. The standard InChI is InChI=1S/C36H72O12S2.2Na/c1-3-5-7-9-11-13-15-17-19-21-23-25-27-31(28-26-24-22-20-18-16-14-12-10-8-6-4-2)29-45-36-34(38)35(48-50(42,43)44)33(37)32(47-36)30-46-49(39,40)41;;/h31-38H,3-30H2,1-2H3,(H,39,40,41)(H,42,43,44);;/q;2*+1/p-2/t32-,33+,34-,35+,36-;;/m1../s1. The normalized spacial score (nSPS) is 20.9. The number of aliphatic hydroxyl groups is 2. The van der Waals surface area contributed by atoms with Gasteiger partial charge in [0.1, 0.15) is 24.4 Å². The van der Waals surface area contributed by atoms with Crippen molar-refractivity contribution in [3.8, 4) is 0 Å². The number of hydrogen-bond acceptors (Lipinski definition) is 12. The zero-order valence-electron chi connectivity index (χ0n) is 33.1. The minimum absolute atomic E-state index is 0. The average molecular weight is 805 g/mol. The molecular formula is C36H70Na2O12S2. The van der Waals surface area contributed by atoms with E-state index in [4.69, 9.17) is 9.47 Å². The van der Waals surface area contributed by atoms with Gasteiger partial charge in [-0.2, -0.15) is 0 Å². The van der Waals surface area contributed by atoms with Crippen molar-refractivity contribution in [3.63, 3.8) is 0 Å². The Hall–Kier alpha value is 1.58. The molecule has 1 aliphatic rings. The Kier molecular flexibility index (Phi) is 37.1. The number of aliphatic hydroxyl groups excluding tert-OH is 2.